The van der Waals surface area contributed by atoms with Crippen molar-refractivity contribution in [1.82, 2.24) is 19.7 Å². The van der Waals surface area contributed by atoms with Crippen molar-refractivity contribution >= 4 is 29.3 Å². The second-order valence-electron chi connectivity index (χ2n) is 8.46. The Labute approximate surface area is 197 Å². The topological polar surface area (TPSA) is 93.3 Å². The molecular formula is C24H29N5O3S. The molecular weight excluding hydrogens is 438 g/mol. The quantitative estimate of drug-likeness (QED) is 0.503. The number of amides is 2. The summed E-state index contributed by atoms with van der Waals surface area (Å²) in [6, 6.07) is 13.2. The van der Waals surface area contributed by atoms with Crippen LogP contribution in [-0.2, 0) is 16.1 Å². The van der Waals surface area contributed by atoms with E-state index in [-0.39, 0.29) is 29.4 Å². The minimum Gasteiger partial charge on any atom is -0.467 e. The second-order valence-corrected chi connectivity index (χ2v) is 9.40. The number of piperidine rings is 1. The highest BCUT2D eigenvalue weighted by Gasteiger charge is 2.28. The van der Waals surface area contributed by atoms with Gasteiger partial charge in [0.1, 0.15) is 11.6 Å². The average Bonchev–Trinajstić information content (AvgIpc) is 3.48. The zero-order valence-electron chi connectivity index (χ0n) is 18.9. The Morgan fingerprint density at radius 2 is 1.88 bits per heavy atom. The van der Waals surface area contributed by atoms with Crippen LogP contribution in [-0.4, -0.2) is 50.3 Å². The van der Waals surface area contributed by atoms with Gasteiger partial charge in [-0.3, -0.25) is 14.2 Å². The van der Waals surface area contributed by atoms with Crippen LogP contribution in [0.1, 0.15) is 44.2 Å². The Hall–Kier alpha value is -3.07. The number of anilines is 1. The summed E-state index contributed by atoms with van der Waals surface area (Å²) in [4.78, 5) is 27.2. The van der Waals surface area contributed by atoms with Gasteiger partial charge in [0.25, 0.3) is 0 Å². The van der Waals surface area contributed by atoms with Crippen LogP contribution in [0.4, 0.5) is 5.69 Å². The Bertz CT molecular complexity index is 1060. The van der Waals surface area contributed by atoms with E-state index in [1.165, 1.54) is 11.8 Å². The van der Waals surface area contributed by atoms with Gasteiger partial charge in [-0.2, -0.15) is 0 Å². The normalized spacial score (nSPS) is 14.6. The lowest BCUT2D eigenvalue weighted by atomic mass is 9.96. The number of para-hydroxylation sites is 1. The first-order valence-electron chi connectivity index (χ1n) is 11.2. The maximum absolute atomic E-state index is 12.8. The van der Waals surface area contributed by atoms with Gasteiger partial charge in [0, 0.05) is 30.6 Å². The van der Waals surface area contributed by atoms with Crippen molar-refractivity contribution < 1.29 is 14.0 Å². The SMILES string of the molecule is CC(C)c1nnc(SCC(=O)N2CCC(C(=O)Nc3ccccc3)CC2)n1Cc1ccco1. The van der Waals surface area contributed by atoms with Crippen LogP contribution in [0.2, 0.25) is 0 Å². The van der Waals surface area contributed by atoms with Crippen LogP contribution in [0.25, 0.3) is 0 Å². The van der Waals surface area contributed by atoms with Crippen molar-refractivity contribution in [3.63, 3.8) is 0 Å². The highest BCUT2D eigenvalue weighted by atomic mass is 32.2. The number of carbonyl (C=O) groups is 2. The second kappa shape index (κ2) is 10.7. The van der Waals surface area contributed by atoms with Crippen molar-refractivity contribution in [3.8, 4) is 0 Å². The van der Waals surface area contributed by atoms with Crippen LogP contribution in [0.5, 0.6) is 0 Å². The van der Waals surface area contributed by atoms with Crippen molar-refractivity contribution in [2.45, 2.75) is 44.3 Å². The van der Waals surface area contributed by atoms with Crippen LogP contribution in [0.15, 0.2) is 58.3 Å². The maximum Gasteiger partial charge on any atom is 0.233 e. The van der Waals surface area contributed by atoms with Gasteiger partial charge in [-0.25, -0.2) is 0 Å². The molecule has 0 unspecified atom stereocenters. The number of likely N-dealkylation sites (tertiary alicyclic amines) is 1. The molecule has 0 spiro atoms. The monoisotopic (exact) mass is 467 g/mol. The molecule has 0 bridgehead atoms. The molecule has 3 aromatic rings. The predicted octanol–water partition coefficient (Wildman–Crippen LogP) is 4.01. The molecule has 0 radical (unpaired) electrons. The van der Waals surface area contributed by atoms with Crippen molar-refractivity contribution in [2.75, 3.05) is 24.2 Å². The number of nitrogens with zero attached hydrogens (tertiary/aromatic N) is 4. The lowest BCUT2D eigenvalue weighted by molar-refractivity contribution is -0.132. The van der Waals surface area contributed by atoms with Gasteiger partial charge in [0.2, 0.25) is 11.8 Å². The van der Waals surface area contributed by atoms with E-state index in [2.05, 4.69) is 29.4 Å². The van der Waals surface area contributed by atoms with Gasteiger partial charge in [0.15, 0.2) is 5.16 Å². The van der Waals surface area contributed by atoms with Crippen LogP contribution >= 0.6 is 11.8 Å². The van der Waals surface area contributed by atoms with Gasteiger partial charge < -0.3 is 14.6 Å². The first-order valence-corrected chi connectivity index (χ1v) is 12.2. The van der Waals surface area contributed by atoms with Crippen LogP contribution < -0.4 is 5.32 Å². The lowest BCUT2D eigenvalue weighted by Gasteiger charge is -2.31. The summed E-state index contributed by atoms with van der Waals surface area (Å²) in [6.07, 6.45) is 2.98. The fourth-order valence-electron chi connectivity index (χ4n) is 3.92. The van der Waals surface area contributed by atoms with E-state index in [0.717, 1.165) is 17.3 Å². The molecule has 0 aliphatic carbocycles. The number of hydrogen-bond acceptors (Lipinski definition) is 6. The molecule has 1 saturated heterocycles. The number of furan rings is 1. The smallest absolute Gasteiger partial charge is 0.233 e. The van der Waals surface area contributed by atoms with E-state index in [9.17, 15) is 9.59 Å². The van der Waals surface area contributed by atoms with Gasteiger partial charge >= 0.3 is 0 Å². The highest BCUT2D eigenvalue weighted by Crippen LogP contribution is 2.25. The van der Waals surface area contributed by atoms with Gasteiger partial charge in [-0.05, 0) is 37.1 Å². The molecule has 1 N–H and O–H groups in total. The molecule has 1 aliphatic heterocycles. The van der Waals surface area contributed by atoms with E-state index >= 15 is 0 Å². The van der Waals surface area contributed by atoms with E-state index < -0.39 is 0 Å². The minimum atomic E-state index is -0.0769. The zero-order chi connectivity index (χ0) is 23.2. The summed E-state index contributed by atoms with van der Waals surface area (Å²) in [6.45, 7) is 5.85. The van der Waals surface area contributed by atoms with Crippen molar-refractivity contribution in [2.24, 2.45) is 5.92 Å². The Balaban J connectivity index is 1.30. The summed E-state index contributed by atoms with van der Waals surface area (Å²) in [5.41, 5.74) is 0.803. The number of thioether (sulfide) groups is 1. The number of aromatic nitrogens is 3. The summed E-state index contributed by atoms with van der Waals surface area (Å²) in [7, 11) is 0. The molecule has 33 heavy (non-hydrogen) atoms. The van der Waals surface area contributed by atoms with Gasteiger partial charge in [0.05, 0.1) is 18.6 Å². The molecule has 1 aromatic carbocycles. The number of nitrogens with one attached hydrogen (secondary N) is 1. The fraction of sp³-hybridized carbons (Fsp3) is 0.417. The summed E-state index contributed by atoms with van der Waals surface area (Å²) in [5, 5.41) is 12.3. The largest absolute Gasteiger partial charge is 0.467 e. The van der Waals surface area contributed by atoms with E-state index in [0.29, 0.717) is 37.6 Å². The number of rotatable bonds is 8. The Morgan fingerprint density at radius 1 is 1.12 bits per heavy atom. The molecule has 1 fully saturated rings. The number of hydrogen-bond donors (Lipinski definition) is 1. The van der Waals surface area contributed by atoms with Crippen molar-refractivity contribution in [1.29, 1.82) is 0 Å². The van der Waals surface area contributed by atoms with Gasteiger partial charge in [-0.1, -0.05) is 43.8 Å². The number of benzene rings is 1. The highest BCUT2D eigenvalue weighted by molar-refractivity contribution is 7.99. The van der Waals surface area contributed by atoms with E-state index in [1.807, 2.05) is 51.9 Å². The Morgan fingerprint density at radius 3 is 2.55 bits per heavy atom. The lowest BCUT2D eigenvalue weighted by Crippen LogP contribution is -2.42. The molecule has 174 valence electrons. The standard InChI is InChI=1S/C24H29N5O3S/c1-17(2)22-26-27-24(29(22)15-20-9-6-14-32-20)33-16-21(30)28-12-10-18(11-13-28)23(31)25-19-7-4-3-5-8-19/h3-9,14,17-18H,10-13,15-16H2,1-2H3,(H,25,31). The third kappa shape index (κ3) is 5.84. The van der Waals surface area contributed by atoms with Crippen molar-refractivity contribution in [3.05, 3.63) is 60.3 Å². The zero-order valence-corrected chi connectivity index (χ0v) is 19.8. The fourth-order valence-corrected chi connectivity index (χ4v) is 4.76. The molecule has 3 heterocycles. The van der Waals surface area contributed by atoms with E-state index in [4.69, 9.17) is 4.42 Å². The first-order chi connectivity index (χ1) is 16.0. The first kappa shape index (κ1) is 23.1. The maximum atomic E-state index is 12.8. The van der Waals surface area contributed by atoms with E-state index in [1.54, 1.807) is 6.26 Å². The average molecular weight is 468 g/mol. The minimum absolute atomic E-state index is 0.0231. The third-order valence-corrected chi connectivity index (χ3v) is 6.69. The molecule has 2 amide bonds. The molecule has 4 rings (SSSR count). The molecule has 0 atom stereocenters. The predicted molar refractivity (Wildman–Crippen MR) is 127 cm³/mol. The summed E-state index contributed by atoms with van der Waals surface area (Å²) < 4.78 is 7.51. The number of carbonyl (C=O) groups excluding carboxylic acids is 2. The molecule has 8 nitrogen and oxygen atoms in total. The summed E-state index contributed by atoms with van der Waals surface area (Å²) >= 11 is 1.39. The van der Waals surface area contributed by atoms with Crippen LogP contribution in [0, 0.1) is 5.92 Å². The third-order valence-electron chi connectivity index (χ3n) is 5.74. The molecule has 0 saturated carbocycles. The van der Waals surface area contributed by atoms with Gasteiger partial charge in [-0.15, -0.1) is 10.2 Å². The molecule has 2 aromatic heterocycles. The summed E-state index contributed by atoms with van der Waals surface area (Å²) in [5.74, 6) is 2.18. The Kier molecular flexibility index (Phi) is 7.49. The molecule has 1 aliphatic rings. The van der Waals surface area contributed by atoms with Crippen LogP contribution in [0.3, 0.4) is 0 Å². The molecule has 9 heteroatoms.